The van der Waals surface area contributed by atoms with Gasteiger partial charge in [0.1, 0.15) is 0 Å². The van der Waals surface area contributed by atoms with Gasteiger partial charge < -0.3 is 4.74 Å². The highest BCUT2D eigenvalue weighted by molar-refractivity contribution is 5.00. The van der Waals surface area contributed by atoms with Crippen molar-refractivity contribution < 1.29 is 4.74 Å². The normalized spacial score (nSPS) is 38.1. The summed E-state index contributed by atoms with van der Waals surface area (Å²) in [4.78, 5) is 0. The maximum absolute atomic E-state index is 6.07. The van der Waals surface area contributed by atoms with E-state index in [9.17, 15) is 0 Å². The lowest BCUT2D eigenvalue weighted by Crippen LogP contribution is -2.55. The highest BCUT2D eigenvalue weighted by Gasteiger charge is 2.48. The second-order valence-corrected chi connectivity index (χ2v) is 7.82. The van der Waals surface area contributed by atoms with Crippen molar-refractivity contribution in [3.8, 4) is 0 Å². The fourth-order valence-corrected chi connectivity index (χ4v) is 4.89. The highest BCUT2D eigenvalue weighted by Crippen LogP contribution is 2.50. The van der Waals surface area contributed by atoms with E-state index >= 15 is 0 Å². The van der Waals surface area contributed by atoms with E-state index in [-0.39, 0.29) is 5.60 Å². The van der Waals surface area contributed by atoms with Crippen molar-refractivity contribution in [2.75, 3.05) is 6.61 Å². The second-order valence-electron chi connectivity index (χ2n) is 7.82. The first-order valence-electron chi connectivity index (χ1n) is 8.16. The van der Waals surface area contributed by atoms with Crippen LogP contribution in [-0.4, -0.2) is 18.2 Å². The maximum atomic E-state index is 6.07. The first-order chi connectivity index (χ1) is 9.06. The van der Waals surface area contributed by atoms with Gasteiger partial charge in [0.25, 0.3) is 0 Å². The van der Waals surface area contributed by atoms with Gasteiger partial charge in [-0.2, -0.15) is 0 Å². The topological polar surface area (TPSA) is 47.3 Å². The molecule has 3 rings (SSSR count). The van der Waals surface area contributed by atoms with Gasteiger partial charge in [-0.05, 0) is 62.2 Å². The molecule has 0 radical (unpaired) electrons. The summed E-state index contributed by atoms with van der Waals surface area (Å²) in [6.07, 6.45) is 10.4. The van der Waals surface area contributed by atoms with E-state index in [1.165, 1.54) is 51.4 Å². The summed E-state index contributed by atoms with van der Waals surface area (Å²) in [6.45, 7) is 5.79. The van der Waals surface area contributed by atoms with Gasteiger partial charge >= 0.3 is 0 Å². The van der Waals surface area contributed by atoms with Crippen molar-refractivity contribution in [1.82, 2.24) is 5.43 Å². The zero-order valence-electron chi connectivity index (χ0n) is 12.6. The maximum Gasteiger partial charge on any atom is 0.0685 e. The molecule has 3 fully saturated rings. The van der Waals surface area contributed by atoms with Crippen LogP contribution in [0.4, 0.5) is 0 Å². The zero-order valence-corrected chi connectivity index (χ0v) is 12.6. The fraction of sp³-hybridized carbons (Fsp3) is 1.00. The van der Waals surface area contributed by atoms with Gasteiger partial charge in [0.15, 0.2) is 0 Å². The summed E-state index contributed by atoms with van der Waals surface area (Å²) in [5.41, 5.74) is 3.88. The van der Waals surface area contributed by atoms with Crippen LogP contribution in [0.5, 0.6) is 0 Å². The molecule has 1 heterocycles. The van der Waals surface area contributed by atoms with Crippen LogP contribution in [0.15, 0.2) is 0 Å². The Morgan fingerprint density at radius 1 is 1.16 bits per heavy atom. The van der Waals surface area contributed by atoms with Crippen molar-refractivity contribution in [2.45, 2.75) is 76.9 Å². The van der Waals surface area contributed by atoms with Gasteiger partial charge in [0.2, 0.25) is 0 Å². The van der Waals surface area contributed by atoms with Crippen LogP contribution >= 0.6 is 0 Å². The Balaban J connectivity index is 1.71. The Morgan fingerprint density at radius 3 is 2.47 bits per heavy atom. The van der Waals surface area contributed by atoms with Gasteiger partial charge in [0, 0.05) is 12.6 Å². The molecule has 1 aliphatic heterocycles. The molecule has 0 bridgehead atoms. The van der Waals surface area contributed by atoms with Gasteiger partial charge in [-0.25, -0.2) is 0 Å². The van der Waals surface area contributed by atoms with Crippen molar-refractivity contribution in [1.29, 1.82) is 0 Å². The monoisotopic (exact) mass is 266 g/mol. The van der Waals surface area contributed by atoms with E-state index in [0.29, 0.717) is 17.4 Å². The number of hydrogen-bond donors (Lipinski definition) is 2. The molecule has 3 atom stereocenters. The Labute approximate surface area is 117 Å². The molecule has 0 aromatic rings. The number of rotatable bonds is 3. The van der Waals surface area contributed by atoms with Crippen LogP contribution in [-0.2, 0) is 4.74 Å². The molecule has 3 unspecified atom stereocenters. The fourth-order valence-electron chi connectivity index (χ4n) is 4.89. The third-order valence-corrected chi connectivity index (χ3v) is 6.27. The first kappa shape index (κ1) is 13.8. The van der Waals surface area contributed by atoms with E-state index in [4.69, 9.17) is 10.6 Å². The van der Waals surface area contributed by atoms with E-state index in [0.717, 1.165) is 12.5 Å². The van der Waals surface area contributed by atoms with Crippen molar-refractivity contribution in [3.05, 3.63) is 0 Å². The van der Waals surface area contributed by atoms with E-state index in [1.807, 2.05) is 0 Å². The van der Waals surface area contributed by atoms with Crippen LogP contribution in [0.3, 0.4) is 0 Å². The largest absolute Gasteiger partial charge is 0.375 e. The molecular formula is C16H30N2O. The minimum atomic E-state index is 0.237. The van der Waals surface area contributed by atoms with Crippen LogP contribution < -0.4 is 11.3 Å². The molecule has 3 heteroatoms. The lowest BCUT2D eigenvalue weighted by molar-refractivity contribution is -0.150. The third kappa shape index (κ3) is 2.45. The summed E-state index contributed by atoms with van der Waals surface area (Å²) in [7, 11) is 0. The minimum absolute atomic E-state index is 0.237. The summed E-state index contributed by atoms with van der Waals surface area (Å²) >= 11 is 0. The van der Waals surface area contributed by atoms with E-state index in [2.05, 4.69) is 19.3 Å². The Hall–Kier alpha value is -0.120. The van der Waals surface area contributed by atoms with Crippen LogP contribution in [0.25, 0.3) is 0 Å². The molecule has 2 saturated carbocycles. The number of nitrogens with two attached hydrogens (primary N) is 1. The Morgan fingerprint density at radius 2 is 1.95 bits per heavy atom. The average Bonchev–Trinajstić information content (AvgIpc) is 2.69. The predicted octanol–water partition coefficient (Wildman–Crippen LogP) is 2.99. The van der Waals surface area contributed by atoms with E-state index in [1.54, 1.807) is 0 Å². The molecule has 0 aromatic heterocycles. The minimum Gasteiger partial charge on any atom is -0.375 e. The molecule has 3 aliphatic rings. The Bertz CT molecular complexity index is 325. The van der Waals surface area contributed by atoms with Gasteiger partial charge in [-0.15, -0.1) is 0 Å². The molecule has 19 heavy (non-hydrogen) atoms. The Kier molecular flexibility index (Phi) is 3.65. The molecule has 2 aliphatic carbocycles. The lowest BCUT2D eigenvalue weighted by atomic mass is 9.66. The number of hydrogen-bond acceptors (Lipinski definition) is 3. The predicted molar refractivity (Wildman–Crippen MR) is 77.5 cm³/mol. The molecular weight excluding hydrogens is 236 g/mol. The molecule has 3 N–H and O–H groups in total. The number of ether oxygens (including phenoxy) is 1. The van der Waals surface area contributed by atoms with Gasteiger partial charge in [-0.3, -0.25) is 11.3 Å². The number of nitrogens with one attached hydrogen (secondary N) is 1. The van der Waals surface area contributed by atoms with Crippen molar-refractivity contribution in [2.24, 2.45) is 23.1 Å². The second kappa shape index (κ2) is 5.01. The molecule has 0 amide bonds. The smallest absolute Gasteiger partial charge is 0.0685 e. The van der Waals surface area contributed by atoms with Crippen LogP contribution in [0, 0.1) is 17.3 Å². The number of hydrazine groups is 1. The third-order valence-electron chi connectivity index (χ3n) is 6.27. The molecule has 1 saturated heterocycles. The van der Waals surface area contributed by atoms with Crippen LogP contribution in [0.1, 0.15) is 65.2 Å². The molecule has 110 valence electrons. The summed E-state index contributed by atoms with van der Waals surface area (Å²) < 4.78 is 6.07. The highest BCUT2D eigenvalue weighted by atomic mass is 16.5. The van der Waals surface area contributed by atoms with Gasteiger partial charge in [-0.1, -0.05) is 20.3 Å². The summed E-state index contributed by atoms with van der Waals surface area (Å²) in [5, 5.41) is 0. The van der Waals surface area contributed by atoms with Gasteiger partial charge in [0.05, 0.1) is 5.60 Å². The van der Waals surface area contributed by atoms with Crippen LogP contribution in [0.2, 0.25) is 0 Å². The zero-order chi connectivity index (χ0) is 13.5. The van der Waals surface area contributed by atoms with Crippen molar-refractivity contribution >= 4 is 0 Å². The molecule has 0 aromatic carbocycles. The summed E-state index contributed by atoms with van der Waals surface area (Å²) in [5.74, 6) is 7.41. The molecule has 1 spiro atoms. The summed E-state index contributed by atoms with van der Waals surface area (Å²) in [6, 6.07) is 0.485. The quantitative estimate of drug-likeness (QED) is 0.610. The SMILES string of the molecule is CC1(C)CCCC1C(NN)C1CCOC2(CCC2)C1. The average molecular weight is 266 g/mol. The standard InChI is InChI=1S/C16H30N2O/c1-15(2)7-3-5-13(15)14(18-17)12-6-10-19-16(11-12)8-4-9-16/h12-14,18H,3-11,17H2,1-2H3. The lowest BCUT2D eigenvalue weighted by Gasteiger charge is -2.50. The van der Waals surface area contributed by atoms with Crippen molar-refractivity contribution in [3.63, 3.8) is 0 Å². The van der Waals surface area contributed by atoms with E-state index < -0.39 is 0 Å². The molecule has 3 nitrogen and oxygen atoms in total. The first-order valence-corrected chi connectivity index (χ1v) is 8.16.